The number of rotatable bonds is 6. The van der Waals surface area contributed by atoms with Crippen molar-refractivity contribution in [2.75, 3.05) is 77.5 Å². The molecule has 2 aromatic carbocycles. The lowest BCUT2D eigenvalue weighted by atomic mass is 10.1. The van der Waals surface area contributed by atoms with Gasteiger partial charge in [-0.3, -0.25) is 9.97 Å². The van der Waals surface area contributed by atoms with Crippen molar-refractivity contribution in [3.05, 3.63) is 48.8 Å². The average Bonchev–Trinajstić information content (AvgIpc) is 3.09. The molecule has 49 heavy (non-hydrogen) atoms. The molecule has 268 valence electrons. The van der Waals surface area contributed by atoms with Crippen molar-refractivity contribution in [1.29, 1.82) is 0 Å². The molecule has 0 saturated carbocycles. The largest absolute Gasteiger partial charge is 0.493 e. The molecule has 0 bridgehead atoms. The van der Waals surface area contributed by atoms with Crippen molar-refractivity contribution in [2.45, 2.75) is 60.5 Å². The zero-order chi connectivity index (χ0) is 33.6. The van der Waals surface area contributed by atoms with Crippen LogP contribution in [0.4, 0.5) is 16.2 Å². The van der Waals surface area contributed by atoms with Gasteiger partial charge in [0.2, 0.25) is 0 Å². The number of anilines is 2. The van der Waals surface area contributed by atoms with Crippen LogP contribution in [0.25, 0.3) is 21.8 Å². The molecular weight excluding hydrogens is 622 g/mol. The predicted octanol–water partition coefficient (Wildman–Crippen LogP) is 7.82. The summed E-state index contributed by atoms with van der Waals surface area (Å²) in [5.41, 5.74) is 3.64. The van der Waals surface area contributed by atoms with Crippen molar-refractivity contribution >= 4 is 39.3 Å². The fourth-order valence-electron chi connectivity index (χ4n) is 6.06. The summed E-state index contributed by atoms with van der Waals surface area (Å²) in [7, 11) is 6.56. The molecule has 0 radical (unpaired) electrons. The molecule has 0 atom stereocenters. The number of piperazine rings is 1. The minimum absolute atomic E-state index is 0. The van der Waals surface area contributed by atoms with E-state index in [9.17, 15) is 4.79 Å². The zero-order valence-corrected chi connectivity index (χ0v) is 28.7. The molecule has 11 heteroatoms. The Morgan fingerprint density at radius 3 is 1.43 bits per heavy atom. The van der Waals surface area contributed by atoms with E-state index in [1.54, 1.807) is 39.5 Å². The fourth-order valence-corrected chi connectivity index (χ4v) is 6.06. The molecule has 4 aromatic rings. The molecular formula is C38H55N5O6. The van der Waals surface area contributed by atoms with Gasteiger partial charge in [0, 0.05) is 85.9 Å². The SMILES string of the molecule is C.C.COc1cc2nccc(N3CCCCC3)c2cc1OC.COc1cc2nccc(N3CCN(C(=O)OC(C)(C)C)CC3)c2cc1OC. The molecule has 11 nitrogen and oxygen atoms in total. The lowest BCUT2D eigenvalue weighted by Crippen LogP contribution is -2.50. The monoisotopic (exact) mass is 677 g/mol. The molecule has 2 aliphatic rings. The third-order valence-electron chi connectivity index (χ3n) is 8.42. The van der Waals surface area contributed by atoms with Gasteiger partial charge in [-0.05, 0) is 64.3 Å². The summed E-state index contributed by atoms with van der Waals surface area (Å²) in [6.07, 6.45) is 7.26. The summed E-state index contributed by atoms with van der Waals surface area (Å²) in [6.45, 7) is 10.6. The van der Waals surface area contributed by atoms with Gasteiger partial charge in [0.05, 0.1) is 39.5 Å². The second-order valence-corrected chi connectivity index (χ2v) is 12.6. The fraction of sp³-hybridized carbons (Fsp3) is 0.500. The van der Waals surface area contributed by atoms with Crippen LogP contribution in [0.15, 0.2) is 48.8 Å². The molecule has 6 rings (SSSR count). The van der Waals surface area contributed by atoms with E-state index < -0.39 is 5.60 Å². The van der Waals surface area contributed by atoms with Gasteiger partial charge < -0.3 is 38.4 Å². The summed E-state index contributed by atoms with van der Waals surface area (Å²) in [5, 5.41) is 2.13. The first-order chi connectivity index (χ1) is 22.6. The third kappa shape index (κ3) is 9.07. The highest BCUT2D eigenvalue weighted by atomic mass is 16.6. The Morgan fingerprint density at radius 1 is 0.612 bits per heavy atom. The normalized spacial score (nSPS) is 14.6. The van der Waals surface area contributed by atoms with E-state index in [0.717, 1.165) is 65.2 Å². The highest BCUT2D eigenvalue weighted by Crippen LogP contribution is 2.37. The van der Waals surface area contributed by atoms with Gasteiger partial charge in [-0.1, -0.05) is 14.9 Å². The van der Waals surface area contributed by atoms with E-state index in [1.807, 2.05) is 57.3 Å². The van der Waals surface area contributed by atoms with Crippen LogP contribution in [0.1, 0.15) is 54.9 Å². The summed E-state index contributed by atoms with van der Waals surface area (Å²) < 4.78 is 27.1. The van der Waals surface area contributed by atoms with Gasteiger partial charge in [-0.25, -0.2) is 4.79 Å². The van der Waals surface area contributed by atoms with Crippen molar-refractivity contribution in [3.63, 3.8) is 0 Å². The molecule has 2 aromatic heterocycles. The van der Waals surface area contributed by atoms with Gasteiger partial charge >= 0.3 is 6.09 Å². The van der Waals surface area contributed by atoms with E-state index in [-0.39, 0.29) is 20.9 Å². The number of ether oxygens (including phenoxy) is 5. The zero-order valence-electron chi connectivity index (χ0n) is 28.7. The Morgan fingerprint density at radius 2 is 1.02 bits per heavy atom. The summed E-state index contributed by atoms with van der Waals surface area (Å²) >= 11 is 0. The van der Waals surface area contributed by atoms with E-state index in [1.165, 1.54) is 24.9 Å². The van der Waals surface area contributed by atoms with Gasteiger partial charge in [0.1, 0.15) is 5.60 Å². The molecule has 0 unspecified atom stereocenters. The smallest absolute Gasteiger partial charge is 0.410 e. The lowest BCUT2D eigenvalue weighted by Gasteiger charge is -2.37. The van der Waals surface area contributed by atoms with Crippen LogP contribution in [-0.2, 0) is 4.74 Å². The number of carbonyl (C=O) groups excluding carboxylic acids is 1. The van der Waals surface area contributed by atoms with E-state index in [0.29, 0.717) is 24.6 Å². The van der Waals surface area contributed by atoms with Crippen molar-refractivity contribution in [1.82, 2.24) is 14.9 Å². The predicted molar refractivity (Wildman–Crippen MR) is 199 cm³/mol. The Hall–Kier alpha value is -4.67. The molecule has 1 amide bonds. The Labute approximate surface area is 292 Å². The Bertz CT molecular complexity index is 1680. The average molecular weight is 678 g/mol. The molecule has 0 aliphatic carbocycles. The van der Waals surface area contributed by atoms with E-state index in [4.69, 9.17) is 23.7 Å². The van der Waals surface area contributed by atoms with Gasteiger partial charge in [0.15, 0.2) is 23.0 Å². The summed E-state index contributed by atoms with van der Waals surface area (Å²) in [6, 6.07) is 11.9. The standard InChI is InChI=1S/C20H27N3O4.C16H20N2O2.2CH4/c1-20(2,3)27-19(24)23-10-8-22(9-11-23)16-6-7-21-15-13-18(26-5)17(25-4)12-14(15)16;1-19-15-10-12-13(11-16(15)20-2)17-7-6-14(12)18-8-4-3-5-9-18;;/h6-7,12-13H,8-11H2,1-5H3;6-7,10-11H,3-5,8-9H2,1-2H3;2*1H4. The second-order valence-electron chi connectivity index (χ2n) is 12.6. The maximum absolute atomic E-state index is 12.3. The number of hydrogen-bond donors (Lipinski definition) is 0. The molecule has 4 heterocycles. The van der Waals surface area contributed by atoms with Gasteiger partial charge in [-0.2, -0.15) is 0 Å². The molecule has 2 saturated heterocycles. The van der Waals surface area contributed by atoms with Crippen LogP contribution in [0.2, 0.25) is 0 Å². The third-order valence-corrected chi connectivity index (χ3v) is 8.42. The summed E-state index contributed by atoms with van der Waals surface area (Å²) in [5.74, 6) is 2.81. The van der Waals surface area contributed by atoms with Crippen LogP contribution in [0.3, 0.4) is 0 Å². The number of fused-ring (bicyclic) bond motifs is 2. The minimum atomic E-state index is -0.481. The van der Waals surface area contributed by atoms with Crippen molar-refractivity contribution in [2.24, 2.45) is 0 Å². The van der Waals surface area contributed by atoms with Gasteiger partial charge in [0.25, 0.3) is 0 Å². The number of amides is 1. The van der Waals surface area contributed by atoms with Crippen LogP contribution in [0, 0.1) is 0 Å². The highest BCUT2D eigenvalue weighted by molar-refractivity contribution is 5.95. The van der Waals surface area contributed by atoms with Crippen molar-refractivity contribution in [3.8, 4) is 23.0 Å². The Balaban J connectivity index is 0.000000265. The topological polar surface area (TPSA) is 98.7 Å². The molecule has 2 aliphatic heterocycles. The first-order valence-electron chi connectivity index (χ1n) is 16.1. The van der Waals surface area contributed by atoms with Crippen LogP contribution < -0.4 is 28.7 Å². The summed E-state index contributed by atoms with van der Waals surface area (Å²) in [4.78, 5) is 27.6. The molecule has 2 fully saturated rings. The van der Waals surface area contributed by atoms with Crippen LogP contribution in [0.5, 0.6) is 23.0 Å². The van der Waals surface area contributed by atoms with Crippen LogP contribution >= 0.6 is 0 Å². The van der Waals surface area contributed by atoms with Gasteiger partial charge in [-0.15, -0.1) is 0 Å². The number of benzene rings is 2. The van der Waals surface area contributed by atoms with Crippen LogP contribution in [-0.4, -0.2) is 94.3 Å². The first-order valence-corrected chi connectivity index (χ1v) is 16.1. The van der Waals surface area contributed by atoms with E-state index in [2.05, 4.69) is 25.8 Å². The number of methoxy groups -OCH3 is 4. The lowest BCUT2D eigenvalue weighted by molar-refractivity contribution is 0.0240. The first kappa shape index (κ1) is 38.8. The van der Waals surface area contributed by atoms with Crippen molar-refractivity contribution < 1.29 is 28.5 Å². The number of pyridine rings is 2. The highest BCUT2D eigenvalue weighted by Gasteiger charge is 2.27. The Kier molecular flexibility index (Phi) is 13.6. The number of piperidine rings is 1. The maximum Gasteiger partial charge on any atom is 0.410 e. The number of carbonyl (C=O) groups is 1. The number of aromatic nitrogens is 2. The number of nitrogens with zero attached hydrogens (tertiary/aromatic N) is 5. The quantitative estimate of drug-likeness (QED) is 0.201. The second kappa shape index (κ2) is 17.1. The molecule has 0 N–H and O–H groups in total. The molecule has 0 spiro atoms. The minimum Gasteiger partial charge on any atom is -0.493 e. The van der Waals surface area contributed by atoms with E-state index >= 15 is 0 Å². The maximum atomic E-state index is 12.3. The number of hydrogen-bond acceptors (Lipinski definition) is 10.